The predicted molar refractivity (Wildman–Crippen MR) is 64.9 cm³/mol. The highest BCUT2D eigenvalue weighted by Gasteiger charge is 2.10. The normalized spacial score (nSPS) is 11.4. The monoisotopic (exact) mass is 278 g/mol. The molecule has 1 heterocycles. The molecule has 1 amide bonds. The van der Waals surface area contributed by atoms with Crippen LogP contribution in [0.15, 0.2) is 5.38 Å². The Labute approximate surface area is 103 Å². The first-order valence-corrected chi connectivity index (χ1v) is 7.45. The van der Waals surface area contributed by atoms with Crippen LogP contribution in [0.2, 0.25) is 0 Å². The van der Waals surface area contributed by atoms with Crippen molar-refractivity contribution in [1.29, 1.82) is 0 Å². The minimum Gasteiger partial charge on any atom is -0.351 e. The van der Waals surface area contributed by atoms with Crippen molar-refractivity contribution in [3.8, 4) is 0 Å². The maximum atomic E-state index is 11.5. The first-order chi connectivity index (χ1) is 7.92. The number of hydrogen-bond acceptors (Lipinski definition) is 6. The molecule has 0 aromatic carbocycles. The highest BCUT2D eigenvalue weighted by Crippen LogP contribution is 2.08. The summed E-state index contributed by atoms with van der Waals surface area (Å²) in [6.45, 7) is 0.536. The van der Waals surface area contributed by atoms with E-state index in [1.807, 2.05) is 0 Å². The van der Waals surface area contributed by atoms with Crippen molar-refractivity contribution < 1.29 is 13.2 Å². The Hall–Kier alpha value is -1.03. The van der Waals surface area contributed by atoms with Gasteiger partial charge in [0.25, 0.3) is 5.91 Å². The van der Waals surface area contributed by atoms with Crippen molar-refractivity contribution in [3.05, 3.63) is 16.1 Å². The summed E-state index contributed by atoms with van der Waals surface area (Å²) < 4.78 is 21.3. The third-order valence-corrected chi connectivity index (χ3v) is 3.58. The van der Waals surface area contributed by atoms with Gasteiger partial charge in [-0.25, -0.2) is 18.5 Å². The molecule has 0 bridgehead atoms. The van der Waals surface area contributed by atoms with Crippen LogP contribution in [0.4, 0.5) is 0 Å². The van der Waals surface area contributed by atoms with Crippen LogP contribution in [0.25, 0.3) is 0 Å². The molecular formula is C8H14N4O3S2. The number of rotatable bonds is 6. The standard InChI is InChI=1S/C8H14N4O3S2/c9-4-7-12-6(5-16-7)8(13)11-2-1-3-17(10,14)15/h5H,1-4,9H2,(H,11,13)(H2,10,14,15). The lowest BCUT2D eigenvalue weighted by molar-refractivity contribution is 0.0949. The number of nitrogens with zero attached hydrogens (tertiary/aromatic N) is 1. The van der Waals surface area contributed by atoms with Crippen LogP contribution in [0.5, 0.6) is 0 Å². The second kappa shape index (κ2) is 6.05. The first-order valence-electron chi connectivity index (χ1n) is 4.85. The van der Waals surface area contributed by atoms with Gasteiger partial charge in [-0.1, -0.05) is 0 Å². The number of nitrogens with one attached hydrogen (secondary N) is 1. The van der Waals surface area contributed by atoms with E-state index in [4.69, 9.17) is 10.9 Å². The van der Waals surface area contributed by atoms with E-state index >= 15 is 0 Å². The van der Waals surface area contributed by atoms with E-state index in [2.05, 4.69) is 10.3 Å². The lowest BCUT2D eigenvalue weighted by Crippen LogP contribution is -2.27. The fourth-order valence-corrected chi connectivity index (χ4v) is 2.28. The quantitative estimate of drug-likeness (QED) is 0.575. The van der Waals surface area contributed by atoms with E-state index in [9.17, 15) is 13.2 Å². The van der Waals surface area contributed by atoms with Gasteiger partial charge < -0.3 is 11.1 Å². The van der Waals surface area contributed by atoms with Gasteiger partial charge in [0.15, 0.2) is 0 Å². The lowest BCUT2D eigenvalue weighted by atomic mass is 10.4. The summed E-state index contributed by atoms with van der Waals surface area (Å²) in [6, 6.07) is 0. The van der Waals surface area contributed by atoms with E-state index in [1.165, 1.54) is 11.3 Å². The molecule has 9 heteroatoms. The summed E-state index contributed by atoms with van der Waals surface area (Å²) in [5.74, 6) is -0.492. The number of hydrogen-bond donors (Lipinski definition) is 3. The average Bonchev–Trinajstić information content (AvgIpc) is 2.71. The minimum atomic E-state index is -3.47. The molecule has 96 valence electrons. The Morgan fingerprint density at radius 3 is 2.76 bits per heavy atom. The molecular weight excluding hydrogens is 264 g/mol. The zero-order valence-corrected chi connectivity index (χ0v) is 10.7. The van der Waals surface area contributed by atoms with E-state index in [0.29, 0.717) is 17.2 Å². The number of carbonyl (C=O) groups is 1. The van der Waals surface area contributed by atoms with E-state index < -0.39 is 10.0 Å². The highest BCUT2D eigenvalue weighted by molar-refractivity contribution is 7.89. The fraction of sp³-hybridized carbons (Fsp3) is 0.500. The van der Waals surface area contributed by atoms with Crippen molar-refractivity contribution in [2.24, 2.45) is 10.9 Å². The van der Waals surface area contributed by atoms with Gasteiger partial charge in [-0.15, -0.1) is 11.3 Å². The second-order valence-corrected chi connectivity index (χ2v) is 5.98. The maximum Gasteiger partial charge on any atom is 0.270 e. The zero-order valence-electron chi connectivity index (χ0n) is 9.05. The molecule has 0 unspecified atom stereocenters. The molecule has 7 nitrogen and oxygen atoms in total. The van der Waals surface area contributed by atoms with Gasteiger partial charge in [-0.3, -0.25) is 4.79 Å². The van der Waals surface area contributed by atoms with E-state index in [0.717, 1.165) is 0 Å². The first kappa shape index (κ1) is 14.0. The summed E-state index contributed by atoms with van der Waals surface area (Å²) >= 11 is 1.31. The van der Waals surface area contributed by atoms with Gasteiger partial charge >= 0.3 is 0 Å². The summed E-state index contributed by atoms with van der Waals surface area (Å²) in [7, 11) is -3.47. The Bertz CT molecular complexity index is 483. The van der Waals surface area contributed by atoms with Crippen molar-refractivity contribution in [2.45, 2.75) is 13.0 Å². The Morgan fingerprint density at radius 1 is 1.53 bits per heavy atom. The number of primary sulfonamides is 1. The van der Waals surface area contributed by atoms with Crippen molar-refractivity contribution in [3.63, 3.8) is 0 Å². The lowest BCUT2D eigenvalue weighted by Gasteiger charge is -2.01. The van der Waals surface area contributed by atoms with Gasteiger partial charge in [0.2, 0.25) is 10.0 Å². The number of amides is 1. The molecule has 0 saturated heterocycles. The topological polar surface area (TPSA) is 128 Å². The Morgan fingerprint density at radius 2 is 2.24 bits per heavy atom. The third-order valence-electron chi connectivity index (χ3n) is 1.85. The van der Waals surface area contributed by atoms with Crippen LogP contribution in [-0.4, -0.2) is 31.6 Å². The Kier molecular flexibility index (Phi) is 5.00. The molecule has 0 aliphatic carbocycles. The van der Waals surface area contributed by atoms with Gasteiger partial charge in [0.1, 0.15) is 10.7 Å². The number of thiazole rings is 1. The smallest absolute Gasteiger partial charge is 0.270 e. The number of nitrogens with two attached hydrogens (primary N) is 2. The molecule has 0 aliphatic rings. The van der Waals surface area contributed by atoms with Crippen LogP contribution in [0.1, 0.15) is 21.9 Å². The van der Waals surface area contributed by atoms with Gasteiger partial charge in [0, 0.05) is 18.5 Å². The largest absolute Gasteiger partial charge is 0.351 e. The fourth-order valence-electron chi connectivity index (χ4n) is 1.07. The molecule has 1 rings (SSSR count). The zero-order chi connectivity index (χ0) is 12.9. The van der Waals surface area contributed by atoms with Crippen molar-refractivity contribution in [2.75, 3.05) is 12.3 Å². The van der Waals surface area contributed by atoms with Gasteiger partial charge in [-0.05, 0) is 6.42 Å². The summed E-state index contributed by atoms with van der Waals surface area (Å²) in [5, 5.41) is 9.66. The van der Waals surface area contributed by atoms with Crippen LogP contribution in [0, 0.1) is 0 Å². The molecule has 1 aromatic rings. The predicted octanol–water partition coefficient (Wildman–Crippen LogP) is -0.990. The molecule has 0 spiro atoms. The number of aromatic nitrogens is 1. The minimum absolute atomic E-state index is 0.154. The summed E-state index contributed by atoms with van der Waals surface area (Å²) in [5.41, 5.74) is 5.67. The van der Waals surface area contributed by atoms with Crippen LogP contribution < -0.4 is 16.2 Å². The van der Waals surface area contributed by atoms with Crippen LogP contribution in [0.3, 0.4) is 0 Å². The molecule has 0 radical (unpaired) electrons. The summed E-state index contributed by atoms with van der Waals surface area (Å²) in [6.07, 6.45) is 0.276. The van der Waals surface area contributed by atoms with Crippen molar-refractivity contribution in [1.82, 2.24) is 10.3 Å². The molecule has 0 aliphatic heterocycles. The SMILES string of the molecule is NCc1nc(C(=O)NCCCS(N)(=O)=O)cs1. The van der Waals surface area contributed by atoms with Gasteiger partial charge in [-0.2, -0.15) is 0 Å². The maximum absolute atomic E-state index is 11.5. The highest BCUT2D eigenvalue weighted by atomic mass is 32.2. The number of sulfonamides is 1. The molecule has 0 atom stereocenters. The number of carbonyl (C=O) groups excluding carboxylic acids is 1. The molecule has 0 fully saturated rings. The second-order valence-electron chi connectivity index (χ2n) is 3.31. The van der Waals surface area contributed by atoms with Crippen molar-refractivity contribution >= 4 is 27.3 Å². The van der Waals surface area contributed by atoms with Crippen LogP contribution in [-0.2, 0) is 16.6 Å². The van der Waals surface area contributed by atoms with E-state index in [1.54, 1.807) is 5.38 Å². The molecule has 17 heavy (non-hydrogen) atoms. The molecule has 0 saturated carbocycles. The Balaban J connectivity index is 2.35. The van der Waals surface area contributed by atoms with Gasteiger partial charge in [0.05, 0.1) is 5.75 Å². The van der Waals surface area contributed by atoms with E-state index in [-0.39, 0.29) is 24.6 Å². The molecule has 1 aromatic heterocycles. The van der Waals surface area contributed by atoms with Crippen LogP contribution >= 0.6 is 11.3 Å². The summed E-state index contributed by atoms with van der Waals surface area (Å²) in [4.78, 5) is 15.5. The average molecular weight is 278 g/mol. The third kappa shape index (κ3) is 5.22. The molecule has 5 N–H and O–H groups in total.